The van der Waals surface area contributed by atoms with Crippen LogP contribution in [-0.4, -0.2) is 62.4 Å². The van der Waals surface area contributed by atoms with Crippen LogP contribution in [-0.2, 0) is 26.0 Å². The second kappa shape index (κ2) is 5.78. The Labute approximate surface area is 118 Å². The zero-order valence-corrected chi connectivity index (χ0v) is 12.6. The van der Waals surface area contributed by atoms with Crippen molar-refractivity contribution in [1.29, 1.82) is 0 Å². The number of hydrogen-bond acceptors (Lipinski definition) is 6. The fourth-order valence-corrected chi connectivity index (χ4v) is 4.24. The van der Waals surface area contributed by atoms with Crippen molar-refractivity contribution in [3.05, 3.63) is 11.4 Å². The molecule has 0 radical (unpaired) electrons. The molecule has 1 aliphatic heterocycles. The fourth-order valence-electron chi connectivity index (χ4n) is 2.44. The highest BCUT2D eigenvalue weighted by Gasteiger charge is 2.41. The molecule has 1 saturated heterocycles. The number of hydrogen-bond donors (Lipinski definition) is 2. The van der Waals surface area contributed by atoms with Gasteiger partial charge in [-0.15, -0.1) is 0 Å². The normalized spacial score (nSPS) is 24.4. The van der Waals surface area contributed by atoms with Crippen LogP contribution in [0.5, 0.6) is 0 Å². The largest absolute Gasteiger partial charge is 0.377 e. The van der Waals surface area contributed by atoms with Gasteiger partial charge in [0.25, 0.3) is 0 Å². The third-order valence-corrected chi connectivity index (χ3v) is 5.58. The molecular formula is C11H20N4O4S. The number of methoxy groups -OCH3 is 2. The van der Waals surface area contributed by atoms with Gasteiger partial charge in [0, 0.05) is 33.9 Å². The molecule has 2 unspecified atom stereocenters. The van der Waals surface area contributed by atoms with Crippen LogP contribution in [0.3, 0.4) is 0 Å². The number of nitrogens with one attached hydrogen (secondary N) is 1. The summed E-state index contributed by atoms with van der Waals surface area (Å²) in [6.45, 7) is 2.24. The first-order chi connectivity index (χ1) is 9.45. The third-order valence-electron chi connectivity index (χ3n) is 3.54. The summed E-state index contributed by atoms with van der Waals surface area (Å²) in [7, 11) is -0.569. The maximum Gasteiger partial charge on any atom is 0.246 e. The topological polar surface area (TPSA) is 111 Å². The molecule has 2 atom stereocenters. The SMILES string of the molecule is COC1CN(S(=O)(=O)c2c(CN)n[nH]c2C)CC1OC. The van der Waals surface area contributed by atoms with Crippen molar-refractivity contribution in [3.63, 3.8) is 0 Å². The first kappa shape index (κ1) is 15.4. The minimum absolute atomic E-state index is 0.0636. The number of aromatic nitrogens is 2. The summed E-state index contributed by atoms with van der Waals surface area (Å²) in [5.41, 5.74) is 6.38. The van der Waals surface area contributed by atoms with Gasteiger partial charge < -0.3 is 15.2 Å². The molecule has 1 aliphatic rings. The molecule has 1 fully saturated rings. The van der Waals surface area contributed by atoms with E-state index in [2.05, 4.69) is 10.2 Å². The lowest BCUT2D eigenvalue weighted by molar-refractivity contribution is -0.00461. The van der Waals surface area contributed by atoms with Gasteiger partial charge in [0.1, 0.15) is 4.90 Å². The average molecular weight is 304 g/mol. The fraction of sp³-hybridized carbons (Fsp3) is 0.727. The molecule has 9 heteroatoms. The Kier molecular flexibility index (Phi) is 4.45. The summed E-state index contributed by atoms with van der Waals surface area (Å²) in [5, 5.41) is 6.60. The van der Waals surface area contributed by atoms with Crippen molar-refractivity contribution < 1.29 is 17.9 Å². The molecule has 0 spiro atoms. The van der Waals surface area contributed by atoms with Crippen LogP contribution < -0.4 is 5.73 Å². The number of nitrogens with two attached hydrogens (primary N) is 1. The van der Waals surface area contributed by atoms with Crippen molar-refractivity contribution >= 4 is 10.0 Å². The molecule has 0 bridgehead atoms. The second-order valence-electron chi connectivity index (χ2n) is 4.70. The number of H-pyrrole nitrogens is 1. The smallest absolute Gasteiger partial charge is 0.246 e. The first-order valence-electron chi connectivity index (χ1n) is 6.25. The molecule has 1 aromatic heterocycles. The van der Waals surface area contributed by atoms with E-state index < -0.39 is 10.0 Å². The predicted molar refractivity (Wildman–Crippen MR) is 71.6 cm³/mol. The second-order valence-corrected chi connectivity index (χ2v) is 6.57. The van der Waals surface area contributed by atoms with Crippen molar-refractivity contribution in [2.75, 3.05) is 27.3 Å². The van der Waals surface area contributed by atoms with Gasteiger partial charge in [0.05, 0.1) is 23.6 Å². The van der Waals surface area contributed by atoms with Crippen LogP contribution in [0.4, 0.5) is 0 Å². The van der Waals surface area contributed by atoms with Crippen molar-refractivity contribution in [2.24, 2.45) is 5.73 Å². The van der Waals surface area contributed by atoms with E-state index in [1.165, 1.54) is 4.31 Å². The van der Waals surface area contributed by atoms with Crippen molar-refractivity contribution in [3.8, 4) is 0 Å². The van der Waals surface area contributed by atoms with E-state index in [1.807, 2.05) is 0 Å². The van der Waals surface area contributed by atoms with Gasteiger partial charge in [0.2, 0.25) is 10.0 Å². The van der Waals surface area contributed by atoms with Crippen LogP contribution in [0.1, 0.15) is 11.4 Å². The van der Waals surface area contributed by atoms with Crippen LogP contribution in [0.15, 0.2) is 4.90 Å². The van der Waals surface area contributed by atoms with Gasteiger partial charge in [-0.3, -0.25) is 5.10 Å². The van der Waals surface area contributed by atoms with Gasteiger partial charge >= 0.3 is 0 Å². The monoisotopic (exact) mass is 304 g/mol. The number of ether oxygens (including phenoxy) is 2. The molecule has 1 aromatic rings. The van der Waals surface area contributed by atoms with Crippen LogP contribution in [0.2, 0.25) is 0 Å². The summed E-state index contributed by atoms with van der Waals surface area (Å²) in [4.78, 5) is 0.159. The quantitative estimate of drug-likeness (QED) is 0.737. The lowest BCUT2D eigenvalue weighted by Crippen LogP contribution is -2.31. The molecule has 2 heterocycles. The van der Waals surface area contributed by atoms with Crippen LogP contribution in [0.25, 0.3) is 0 Å². The zero-order chi connectivity index (χ0) is 14.9. The van der Waals surface area contributed by atoms with Crippen molar-refractivity contribution in [2.45, 2.75) is 30.6 Å². The van der Waals surface area contributed by atoms with Crippen molar-refractivity contribution in [1.82, 2.24) is 14.5 Å². The van der Waals surface area contributed by atoms with E-state index in [9.17, 15) is 8.42 Å². The zero-order valence-electron chi connectivity index (χ0n) is 11.8. The number of aromatic amines is 1. The first-order valence-corrected chi connectivity index (χ1v) is 7.69. The lowest BCUT2D eigenvalue weighted by Gasteiger charge is -2.16. The van der Waals surface area contributed by atoms with E-state index in [0.29, 0.717) is 11.4 Å². The van der Waals surface area contributed by atoms with E-state index >= 15 is 0 Å². The summed E-state index contributed by atoms with van der Waals surface area (Å²) in [6.07, 6.45) is -0.549. The van der Waals surface area contributed by atoms with Gasteiger partial charge in [0.15, 0.2) is 0 Å². The Morgan fingerprint density at radius 1 is 1.35 bits per heavy atom. The summed E-state index contributed by atoms with van der Waals surface area (Å²) in [5.74, 6) is 0. The Hall–Kier alpha value is -1.00. The minimum atomic E-state index is -3.66. The number of aryl methyl sites for hydroxylation is 1. The summed E-state index contributed by atoms with van der Waals surface area (Å²) >= 11 is 0. The van der Waals surface area contributed by atoms with E-state index in [-0.39, 0.29) is 36.7 Å². The molecule has 0 aromatic carbocycles. The Bertz CT molecular complexity index is 559. The molecule has 2 rings (SSSR count). The molecule has 8 nitrogen and oxygen atoms in total. The highest BCUT2D eigenvalue weighted by molar-refractivity contribution is 7.89. The molecule has 0 amide bonds. The molecule has 114 valence electrons. The van der Waals surface area contributed by atoms with E-state index in [0.717, 1.165) is 0 Å². The van der Waals surface area contributed by atoms with Gasteiger partial charge in [-0.2, -0.15) is 9.40 Å². The number of rotatable bonds is 5. The van der Waals surface area contributed by atoms with Gasteiger partial charge in [-0.05, 0) is 6.92 Å². The molecule has 3 N–H and O–H groups in total. The summed E-state index contributed by atoms with van der Waals surface area (Å²) in [6, 6.07) is 0. The van der Waals surface area contributed by atoms with Crippen LogP contribution >= 0.6 is 0 Å². The highest BCUT2D eigenvalue weighted by atomic mass is 32.2. The van der Waals surface area contributed by atoms with E-state index in [4.69, 9.17) is 15.2 Å². The van der Waals surface area contributed by atoms with Gasteiger partial charge in [-0.25, -0.2) is 8.42 Å². The average Bonchev–Trinajstić information content (AvgIpc) is 3.01. The maximum absolute atomic E-state index is 12.7. The predicted octanol–water partition coefficient (Wildman–Crippen LogP) is -0.789. The van der Waals surface area contributed by atoms with Gasteiger partial charge in [-0.1, -0.05) is 0 Å². The number of nitrogens with zero attached hydrogens (tertiary/aromatic N) is 2. The Morgan fingerprint density at radius 2 is 1.90 bits per heavy atom. The standard InChI is InChI=1S/C11H20N4O4S/c1-7-11(8(4-12)14-13-7)20(16,17)15-5-9(18-2)10(6-15)19-3/h9-10H,4-6,12H2,1-3H3,(H,13,14). The van der Waals surface area contributed by atoms with Crippen LogP contribution in [0, 0.1) is 6.92 Å². The Balaban J connectivity index is 2.34. The van der Waals surface area contributed by atoms with E-state index in [1.54, 1.807) is 21.1 Å². The lowest BCUT2D eigenvalue weighted by atomic mass is 10.3. The Morgan fingerprint density at radius 3 is 2.35 bits per heavy atom. The highest BCUT2D eigenvalue weighted by Crippen LogP contribution is 2.27. The third kappa shape index (κ3) is 2.47. The molecular weight excluding hydrogens is 284 g/mol. The maximum atomic E-state index is 12.7. The minimum Gasteiger partial charge on any atom is -0.377 e. The molecule has 0 aliphatic carbocycles. The molecule has 20 heavy (non-hydrogen) atoms. The number of sulfonamides is 1. The summed E-state index contributed by atoms with van der Waals surface area (Å²) < 4.78 is 37.3. The molecule has 0 saturated carbocycles.